The normalized spacial score (nSPS) is 25.6. The maximum Gasteiger partial charge on any atom is 0.321 e. The van der Waals surface area contributed by atoms with Crippen molar-refractivity contribution in [2.24, 2.45) is 5.41 Å². The number of ether oxygens (including phenoxy) is 1. The van der Waals surface area contributed by atoms with Crippen LogP contribution in [0.2, 0.25) is 0 Å². The third-order valence-corrected chi connectivity index (χ3v) is 6.06. The summed E-state index contributed by atoms with van der Waals surface area (Å²) in [6.07, 6.45) is 2.41. The second-order valence-corrected chi connectivity index (χ2v) is 8.33. The Hall–Kier alpha value is -0.620. The molecule has 0 aliphatic heterocycles. The molecule has 20 heavy (non-hydrogen) atoms. The van der Waals surface area contributed by atoms with Crippen LogP contribution in [0, 0.1) is 5.41 Å². The summed E-state index contributed by atoms with van der Waals surface area (Å²) < 4.78 is 29.6. The van der Waals surface area contributed by atoms with Crippen LogP contribution >= 0.6 is 0 Å². The molecule has 5 nitrogen and oxygen atoms in total. The van der Waals surface area contributed by atoms with Crippen LogP contribution in [0.1, 0.15) is 47.0 Å². The molecule has 0 aromatic carbocycles. The third kappa shape index (κ3) is 4.19. The predicted molar refractivity (Wildman–Crippen MR) is 79.3 cm³/mol. The first-order valence-corrected chi connectivity index (χ1v) is 9.06. The minimum atomic E-state index is -3.47. The third-order valence-electron chi connectivity index (χ3n) is 3.99. The first-order valence-electron chi connectivity index (χ1n) is 7.35. The van der Waals surface area contributed by atoms with Crippen molar-refractivity contribution in [3.63, 3.8) is 0 Å². The molecule has 1 N–H and O–H groups in total. The van der Waals surface area contributed by atoms with Gasteiger partial charge in [-0.25, -0.2) is 8.42 Å². The van der Waals surface area contributed by atoms with Gasteiger partial charge in [-0.3, -0.25) is 4.79 Å². The summed E-state index contributed by atoms with van der Waals surface area (Å²) >= 11 is 0. The standard InChI is InChI=1S/C14H27NO4S/c1-5-9-15-13-11(7-8-14(13,3)4)20(17,18)10-12(16)19-6-2/h11,13,15H,5-10H2,1-4H3. The second-order valence-electron chi connectivity index (χ2n) is 6.11. The summed E-state index contributed by atoms with van der Waals surface area (Å²) in [5, 5.41) is 2.86. The summed E-state index contributed by atoms with van der Waals surface area (Å²) in [5.74, 6) is -1.15. The largest absolute Gasteiger partial charge is 0.465 e. The average molecular weight is 305 g/mol. The Kier molecular flexibility index (Phi) is 6.01. The smallest absolute Gasteiger partial charge is 0.321 e. The van der Waals surface area contributed by atoms with Crippen LogP contribution in [0.5, 0.6) is 0 Å². The van der Waals surface area contributed by atoms with Crippen molar-refractivity contribution < 1.29 is 17.9 Å². The lowest BCUT2D eigenvalue weighted by molar-refractivity contribution is -0.139. The maximum atomic E-state index is 12.4. The number of nitrogens with one attached hydrogen (secondary N) is 1. The van der Waals surface area contributed by atoms with E-state index in [1.165, 1.54) is 0 Å². The van der Waals surface area contributed by atoms with Gasteiger partial charge in [-0.2, -0.15) is 0 Å². The Labute approximate surface area is 122 Å². The van der Waals surface area contributed by atoms with Gasteiger partial charge in [0.2, 0.25) is 0 Å². The zero-order chi connectivity index (χ0) is 15.4. The molecule has 0 saturated heterocycles. The molecule has 1 aliphatic carbocycles. The van der Waals surface area contributed by atoms with Crippen molar-refractivity contribution in [2.75, 3.05) is 18.9 Å². The van der Waals surface area contributed by atoms with E-state index in [1.54, 1.807) is 6.92 Å². The minimum absolute atomic E-state index is 0.0679. The van der Waals surface area contributed by atoms with Crippen LogP contribution in [0.25, 0.3) is 0 Å². The molecule has 0 aromatic heterocycles. The molecular formula is C14H27NO4S. The van der Waals surface area contributed by atoms with Crippen LogP contribution in [0.3, 0.4) is 0 Å². The van der Waals surface area contributed by atoms with Crippen molar-refractivity contribution in [1.82, 2.24) is 5.32 Å². The Bertz CT molecular complexity index is 430. The lowest BCUT2D eigenvalue weighted by Gasteiger charge is -2.31. The molecule has 0 heterocycles. The molecule has 0 bridgehead atoms. The van der Waals surface area contributed by atoms with E-state index in [1.807, 2.05) is 0 Å². The Morgan fingerprint density at radius 2 is 2.00 bits per heavy atom. The summed E-state index contributed by atoms with van der Waals surface area (Å²) in [6.45, 7) is 8.90. The van der Waals surface area contributed by atoms with Crippen LogP contribution in [0.4, 0.5) is 0 Å². The van der Waals surface area contributed by atoms with Crippen LogP contribution in [-0.4, -0.2) is 44.6 Å². The molecular weight excluding hydrogens is 278 g/mol. The predicted octanol–water partition coefficient (Wildman–Crippen LogP) is 1.52. The number of sulfone groups is 1. The molecule has 1 fully saturated rings. The number of carbonyl (C=O) groups excluding carboxylic acids is 1. The number of hydrogen-bond donors (Lipinski definition) is 1. The van der Waals surface area contributed by atoms with Gasteiger partial charge in [0.25, 0.3) is 0 Å². The highest BCUT2D eigenvalue weighted by Gasteiger charge is 2.47. The van der Waals surface area contributed by atoms with Gasteiger partial charge in [0.1, 0.15) is 5.75 Å². The van der Waals surface area contributed by atoms with Crippen LogP contribution < -0.4 is 5.32 Å². The fourth-order valence-electron chi connectivity index (χ4n) is 2.91. The molecule has 2 atom stereocenters. The summed E-state index contributed by atoms with van der Waals surface area (Å²) in [4.78, 5) is 11.5. The molecule has 0 radical (unpaired) electrons. The van der Waals surface area contributed by atoms with E-state index in [4.69, 9.17) is 4.74 Å². The molecule has 1 aliphatic rings. The molecule has 6 heteroatoms. The first kappa shape index (κ1) is 17.4. The summed E-state index contributed by atoms with van der Waals surface area (Å²) in [5.41, 5.74) is -0.0679. The number of rotatable bonds is 7. The molecule has 2 unspecified atom stereocenters. The van der Waals surface area contributed by atoms with Gasteiger partial charge < -0.3 is 10.1 Å². The topological polar surface area (TPSA) is 72.5 Å². The summed E-state index contributed by atoms with van der Waals surface area (Å²) in [6, 6.07) is -0.0955. The zero-order valence-electron chi connectivity index (χ0n) is 12.9. The highest BCUT2D eigenvalue weighted by atomic mass is 32.2. The summed E-state index contributed by atoms with van der Waals surface area (Å²) in [7, 11) is -3.47. The quantitative estimate of drug-likeness (QED) is 0.722. The Morgan fingerprint density at radius 1 is 1.35 bits per heavy atom. The molecule has 0 aromatic rings. The van der Waals surface area contributed by atoms with E-state index in [9.17, 15) is 13.2 Å². The minimum Gasteiger partial charge on any atom is -0.465 e. The van der Waals surface area contributed by atoms with Gasteiger partial charge in [0, 0.05) is 6.04 Å². The van der Waals surface area contributed by atoms with E-state index in [2.05, 4.69) is 26.1 Å². The van der Waals surface area contributed by atoms with Gasteiger partial charge in [0.05, 0.1) is 11.9 Å². The number of hydrogen-bond acceptors (Lipinski definition) is 5. The monoisotopic (exact) mass is 305 g/mol. The van der Waals surface area contributed by atoms with Crippen molar-refractivity contribution in [1.29, 1.82) is 0 Å². The van der Waals surface area contributed by atoms with Crippen LogP contribution in [0.15, 0.2) is 0 Å². The lowest BCUT2D eigenvalue weighted by atomic mass is 9.87. The SMILES string of the molecule is CCCNC1C(S(=O)(=O)CC(=O)OCC)CCC1(C)C. The van der Waals surface area contributed by atoms with E-state index in [0.29, 0.717) is 6.42 Å². The first-order chi connectivity index (χ1) is 9.24. The van der Waals surface area contributed by atoms with E-state index in [-0.39, 0.29) is 18.1 Å². The molecule has 1 saturated carbocycles. The highest BCUT2D eigenvalue weighted by Crippen LogP contribution is 2.40. The van der Waals surface area contributed by atoms with E-state index in [0.717, 1.165) is 19.4 Å². The van der Waals surface area contributed by atoms with E-state index >= 15 is 0 Å². The lowest BCUT2D eigenvalue weighted by Crippen LogP contribution is -2.48. The molecule has 1 rings (SSSR count). The Morgan fingerprint density at radius 3 is 2.55 bits per heavy atom. The Balaban J connectivity index is 2.84. The van der Waals surface area contributed by atoms with Crippen molar-refractivity contribution >= 4 is 15.8 Å². The fourth-order valence-corrected chi connectivity index (χ4v) is 4.89. The van der Waals surface area contributed by atoms with Gasteiger partial charge in [-0.05, 0) is 38.1 Å². The molecule has 0 spiro atoms. The zero-order valence-corrected chi connectivity index (χ0v) is 13.8. The van der Waals surface area contributed by atoms with Gasteiger partial charge in [-0.15, -0.1) is 0 Å². The fraction of sp³-hybridized carbons (Fsp3) is 0.929. The average Bonchev–Trinajstić information content (AvgIpc) is 2.62. The maximum absolute atomic E-state index is 12.4. The molecule has 0 amide bonds. The van der Waals surface area contributed by atoms with Crippen molar-refractivity contribution in [3.05, 3.63) is 0 Å². The van der Waals surface area contributed by atoms with Gasteiger partial charge >= 0.3 is 5.97 Å². The number of esters is 1. The van der Waals surface area contributed by atoms with E-state index < -0.39 is 26.8 Å². The van der Waals surface area contributed by atoms with Gasteiger partial charge in [0.15, 0.2) is 9.84 Å². The highest BCUT2D eigenvalue weighted by molar-refractivity contribution is 7.92. The van der Waals surface area contributed by atoms with Crippen molar-refractivity contribution in [2.45, 2.75) is 58.2 Å². The van der Waals surface area contributed by atoms with Crippen LogP contribution in [-0.2, 0) is 19.4 Å². The van der Waals surface area contributed by atoms with Gasteiger partial charge in [-0.1, -0.05) is 20.8 Å². The number of carbonyl (C=O) groups is 1. The molecule has 118 valence electrons. The second kappa shape index (κ2) is 6.89. The van der Waals surface area contributed by atoms with Crippen molar-refractivity contribution in [3.8, 4) is 0 Å².